The SMILES string of the molecule is COc1cccc(Nc2nccc(-c3ccc([O-])c(N(O)O)c3)n2)c1. The molecule has 0 aliphatic heterocycles. The molecule has 3 rings (SSSR count). The molecule has 1 aromatic heterocycles. The molecule has 0 radical (unpaired) electrons. The normalized spacial score (nSPS) is 10.4. The van der Waals surface area contributed by atoms with Gasteiger partial charge in [-0.15, -0.1) is 5.23 Å². The fraction of sp³-hybridized carbons (Fsp3) is 0.0588. The summed E-state index contributed by atoms with van der Waals surface area (Å²) in [5.74, 6) is 0.531. The fourth-order valence-corrected chi connectivity index (χ4v) is 2.24. The van der Waals surface area contributed by atoms with Crippen LogP contribution in [0.5, 0.6) is 11.5 Å². The summed E-state index contributed by atoms with van der Waals surface area (Å²) in [5.41, 5.74) is 1.55. The van der Waals surface area contributed by atoms with Gasteiger partial charge in [-0.3, -0.25) is 10.4 Å². The van der Waals surface area contributed by atoms with E-state index in [9.17, 15) is 5.11 Å². The van der Waals surface area contributed by atoms with Crippen molar-refractivity contribution in [1.82, 2.24) is 9.97 Å². The van der Waals surface area contributed by atoms with Crippen LogP contribution in [-0.2, 0) is 0 Å². The number of hydrogen-bond acceptors (Lipinski definition) is 8. The van der Waals surface area contributed by atoms with Crippen molar-refractivity contribution in [2.45, 2.75) is 0 Å². The fourth-order valence-electron chi connectivity index (χ4n) is 2.24. The Labute approximate surface area is 143 Å². The van der Waals surface area contributed by atoms with Gasteiger partial charge in [-0.25, -0.2) is 9.97 Å². The van der Waals surface area contributed by atoms with Gasteiger partial charge in [0.15, 0.2) is 0 Å². The first-order valence-corrected chi connectivity index (χ1v) is 7.30. The third-order valence-electron chi connectivity index (χ3n) is 3.45. The van der Waals surface area contributed by atoms with Gasteiger partial charge in [-0.2, -0.15) is 0 Å². The molecule has 8 nitrogen and oxygen atoms in total. The van der Waals surface area contributed by atoms with Crippen LogP contribution in [0.15, 0.2) is 54.7 Å². The van der Waals surface area contributed by atoms with Crippen LogP contribution in [0.4, 0.5) is 17.3 Å². The second kappa shape index (κ2) is 7.04. The maximum absolute atomic E-state index is 11.6. The second-order valence-corrected chi connectivity index (χ2v) is 5.09. The Morgan fingerprint density at radius 3 is 2.72 bits per heavy atom. The van der Waals surface area contributed by atoms with Crippen LogP contribution in [0.25, 0.3) is 11.3 Å². The van der Waals surface area contributed by atoms with Crippen molar-refractivity contribution in [1.29, 1.82) is 0 Å². The van der Waals surface area contributed by atoms with Gasteiger partial charge in [0.1, 0.15) is 5.75 Å². The molecule has 0 aliphatic carbocycles. The molecule has 8 heteroatoms. The van der Waals surface area contributed by atoms with Crippen molar-refractivity contribution in [2.24, 2.45) is 0 Å². The first kappa shape index (κ1) is 16.5. The van der Waals surface area contributed by atoms with E-state index in [0.29, 0.717) is 23.0 Å². The van der Waals surface area contributed by atoms with E-state index in [-0.39, 0.29) is 10.9 Å². The zero-order valence-corrected chi connectivity index (χ0v) is 13.2. The largest absolute Gasteiger partial charge is 0.871 e. The number of nitrogens with one attached hydrogen (secondary N) is 1. The van der Waals surface area contributed by atoms with Crippen molar-refractivity contribution < 1.29 is 20.3 Å². The molecule has 128 valence electrons. The second-order valence-electron chi connectivity index (χ2n) is 5.09. The quantitative estimate of drug-likeness (QED) is 0.608. The zero-order chi connectivity index (χ0) is 17.8. The Hall–Kier alpha value is -3.36. The summed E-state index contributed by atoms with van der Waals surface area (Å²) in [6.45, 7) is 0. The maximum atomic E-state index is 11.6. The van der Waals surface area contributed by atoms with Crippen LogP contribution < -0.4 is 20.4 Å². The highest BCUT2D eigenvalue weighted by molar-refractivity contribution is 5.69. The van der Waals surface area contributed by atoms with E-state index in [1.807, 2.05) is 18.2 Å². The van der Waals surface area contributed by atoms with Gasteiger partial charge in [-0.1, -0.05) is 23.9 Å². The molecular formula is C17H15N4O4-. The van der Waals surface area contributed by atoms with E-state index in [1.165, 1.54) is 12.1 Å². The van der Waals surface area contributed by atoms with Crippen molar-refractivity contribution >= 4 is 17.3 Å². The van der Waals surface area contributed by atoms with E-state index >= 15 is 0 Å². The molecule has 3 N–H and O–H groups in total. The Balaban J connectivity index is 1.90. The standard InChI is InChI=1S/C17H16N4O4/c1-25-13-4-2-3-12(10-13)19-17-18-8-7-14(20-17)11-5-6-16(22)15(9-11)21(23)24/h2-10,22-24H,1H3,(H,18,19,20)/p-1. The van der Waals surface area contributed by atoms with E-state index in [1.54, 1.807) is 31.5 Å². The number of aromatic nitrogens is 2. The van der Waals surface area contributed by atoms with Gasteiger partial charge in [0.2, 0.25) is 5.95 Å². The summed E-state index contributed by atoms with van der Waals surface area (Å²) >= 11 is 0. The minimum absolute atomic E-state index is 0.206. The highest BCUT2D eigenvalue weighted by Crippen LogP contribution is 2.29. The number of ether oxygens (including phenoxy) is 1. The number of rotatable bonds is 5. The molecule has 0 aliphatic rings. The van der Waals surface area contributed by atoms with Gasteiger partial charge in [0.25, 0.3) is 0 Å². The highest BCUT2D eigenvalue weighted by Gasteiger charge is 2.07. The minimum Gasteiger partial charge on any atom is -0.871 e. The molecule has 25 heavy (non-hydrogen) atoms. The number of hydrogen-bond donors (Lipinski definition) is 3. The third-order valence-corrected chi connectivity index (χ3v) is 3.45. The van der Waals surface area contributed by atoms with Crippen LogP contribution in [-0.4, -0.2) is 27.5 Å². The van der Waals surface area contributed by atoms with Gasteiger partial charge in [-0.05, 0) is 24.3 Å². The number of benzene rings is 2. The van der Waals surface area contributed by atoms with Gasteiger partial charge < -0.3 is 15.2 Å². The first-order chi connectivity index (χ1) is 12.1. The predicted molar refractivity (Wildman–Crippen MR) is 89.2 cm³/mol. The Kier molecular flexibility index (Phi) is 4.64. The summed E-state index contributed by atoms with van der Waals surface area (Å²) in [4.78, 5) is 8.53. The molecule has 0 atom stereocenters. The molecule has 0 spiro atoms. The van der Waals surface area contributed by atoms with E-state index in [0.717, 1.165) is 5.69 Å². The van der Waals surface area contributed by atoms with Gasteiger partial charge in [0, 0.05) is 23.5 Å². The lowest BCUT2D eigenvalue weighted by atomic mass is 10.1. The predicted octanol–water partition coefficient (Wildman–Crippen LogP) is 2.55. The van der Waals surface area contributed by atoms with Crippen LogP contribution in [0.3, 0.4) is 0 Å². The van der Waals surface area contributed by atoms with Gasteiger partial charge in [0.05, 0.1) is 18.5 Å². The monoisotopic (exact) mass is 339 g/mol. The Bertz CT molecular complexity index is 886. The molecule has 0 saturated heterocycles. The maximum Gasteiger partial charge on any atom is 0.227 e. The lowest BCUT2D eigenvalue weighted by Crippen LogP contribution is -2.13. The summed E-state index contributed by atoms with van der Waals surface area (Å²) in [6.07, 6.45) is 1.56. The van der Waals surface area contributed by atoms with Crippen LogP contribution in [0.1, 0.15) is 0 Å². The van der Waals surface area contributed by atoms with Crippen molar-refractivity contribution in [3.63, 3.8) is 0 Å². The summed E-state index contributed by atoms with van der Waals surface area (Å²) in [7, 11) is 1.58. The molecular weight excluding hydrogens is 324 g/mol. The minimum atomic E-state index is -0.516. The van der Waals surface area contributed by atoms with Crippen molar-refractivity contribution in [3.05, 3.63) is 54.7 Å². The molecule has 0 unspecified atom stereocenters. The molecule has 0 saturated carbocycles. The number of anilines is 3. The molecule has 1 heterocycles. The van der Waals surface area contributed by atoms with Crippen molar-refractivity contribution in [3.8, 4) is 22.8 Å². The number of methoxy groups -OCH3 is 1. The first-order valence-electron chi connectivity index (χ1n) is 7.30. The number of nitrogens with zero attached hydrogens (tertiary/aromatic N) is 3. The van der Waals surface area contributed by atoms with Crippen LogP contribution in [0.2, 0.25) is 0 Å². The van der Waals surface area contributed by atoms with Crippen molar-refractivity contribution in [2.75, 3.05) is 17.7 Å². The topological polar surface area (TPSA) is 114 Å². The van der Waals surface area contributed by atoms with E-state index in [4.69, 9.17) is 15.2 Å². The molecule has 0 fully saturated rings. The summed E-state index contributed by atoms with van der Waals surface area (Å²) < 4.78 is 5.17. The summed E-state index contributed by atoms with van der Waals surface area (Å²) in [6, 6.07) is 13.1. The Morgan fingerprint density at radius 2 is 1.96 bits per heavy atom. The Morgan fingerprint density at radius 1 is 1.12 bits per heavy atom. The van der Waals surface area contributed by atoms with Crippen LogP contribution in [0, 0.1) is 0 Å². The molecule has 0 amide bonds. The molecule has 2 aromatic carbocycles. The molecule has 0 bridgehead atoms. The van der Waals surface area contributed by atoms with E-state index in [2.05, 4.69) is 15.3 Å². The molecule has 3 aromatic rings. The average Bonchev–Trinajstić information content (AvgIpc) is 2.62. The lowest BCUT2D eigenvalue weighted by molar-refractivity contribution is -0.268. The third kappa shape index (κ3) is 3.77. The summed E-state index contributed by atoms with van der Waals surface area (Å²) in [5, 5.41) is 32.7. The van der Waals surface area contributed by atoms with Crippen LogP contribution >= 0.6 is 0 Å². The average molecular weight is 339 g/mol. The highest BCUT2D eigenvalue weighted by atomic mass is 16.8. The lowest BCUT2D eigenvalue weighted by Gasteiger charge is -2.17. The van der Waals surface area contributed by atoms with E-state index < -0.39 is 5.75 Å². The zero-order valence-electron chi connectivity index (χ0n) is 13.2. The van der Waals surface area contributed by atoms with Gasteiger partial charge >= 0.3 is 0 Å². The smallest absolute Gasteiger partial charge is 0.227 e.